The number of allylic oxidation sites excluding steroid dienone is 2. The lowest BCUT2D eigenvalue weighted by Crippen LogP contribution is -2.49. The predicted molar refractivity (Wildman–Crippen MR) is 129 cm³/mol. The first-order valence-corrected chi connectivity index (χ1v) is 11.6. The summed E-state index contributed by atoms with van der Waals surface area (Å²) in [7, 11) is 1.70. The normalized spacial score (nSPS) is 19.1. The summed E-state index contributed by atoms with van der Waals surface area (Å²) >= 11 is 0. The number of rotatable bonds is 10. The molecule has 1 aliphatic heterocycles. The van der Waals surface area contributed by atoms with Crippen LogP contribution in [0.3, 0.4) is 0 Å². The van der Waals surface area contributed by atoms with E-state index in [2.05, 4.69) is 22.8 Å². The molecule has 8 nitrogen and oxygen atoms in total. The van der Waals surface area contributed by atoms with Crippen molar-refractivity contribution in [3.05, 3.63) is 53.9 Å². The third kappa shape index (κ3) is 6.65. The summed E-state index contributed by atoms with van der Waals surface area (Å²) in [4.78, 5) is 27.2. The zero-order valence-corrected chi connectivity index (χ0v) is 20.0. The minimum Gasteiger partial charge on any atom is -0.353 e. The molecule has 1 saturated heterocycles. The van der Waals surface area contributed by atoms with Gasteiger partial charge >= 0.3 is 0 Å². The molecule has 2 amide bonds. The monoisotopic (exact) mass is 468 g/mol. The molecule has 34 heavy (non-hydrogen) atoms. The van der Waals surface area contributed by atoms with Crippen LogP contribution in [0.4, 0.5) is 10.1 Å². The van der Waals surface area contributed by atoms with E-state index in [0.717, 1.165) is 13.1 Å². The van der Waals surface area contributed by atoms with Crippen LogP contribution >= 0.6 is 0 Å². The van der Waals surface area contributed by atoms with Gasteiger partial charge in [0, 0.05) is 39.3 Å². The molecular formula is C25H33FN6O2. The number of carbonyl (C=O) groups excluding carboxylic acids is 2. The van der Waals surface area contributed by atoms with Gasteiger partial charge in [0.2, 0.25) is 5.91 Å². The highest BCUT2D eigenvalue weighted by Gasteiger charge is 2.34. The molecular weight excluding hydrogens is 435 g/mol. The van der Waals surface area contributed by atoms with Crippen molar-refractivity contribution in [2.24, 2.45) is 11.8 Å². The molecule has 0 aromatic heterocycles. The lowest BCUT2D eigenvalue weighted by atomic mass is 9.92. The minimum absolute atomic E-state index is 0.0530. The number of likely N-dealkylation sites (N-methyl/N-ethyl adjacent to an activating group) is 1. The molecule has 9 heteroatoms. The zero-order valence-electron chi connectivity index (χ0n) is 20.0. The second-order valence-electron chi connectivity index (χ2n) is 8.98. The van der Waals surface area contributed by atoms with E-state index in [1.807, 2.05) is 37.1 Å². The van der Waals surface area contributed by atoms with Gasteiger partial charge in [-0.15, -0.1) is 0 Å². The van der Waals surface area contributed by atoms with Crippen LogP contribution in [-0.2, 0) is 9.59 Å². The fourth-order valence-corrected chi connectivity index (χ4v) is 4.16. The molecule has 2 aliphatic rings. The van der Waals surface area contributed by atoms with Crippen LogP contribution in [0.25, 0.3) is 0 Å². The molecule has 2 unspecified atom stereocenters. The number of hydrazine groups is 1. The summed E-state index contributed by atoms with van der Waals surface area (Å²) in [6, 6.07) is 6.21. The number of carbonyl (C=O) groups is 2. The molecule has 0 saturated carbocycles. The van der Waals surface area contributed by atoms with Crippen LogP contribution in [0, 0.1) is 29.0 Å². The van der Waals surface area contributed by atoms with Crippen LogP contribution in [0.1, 0.15) is 19.4 Å². The summed E-state index contributed by atoms with van der Waals surface area (Å²) in [5, 5.41) is 18.8. The highest BCUT2D eigenvalue weighted by Crippen LogP contribution is 2.29. The second kappa shape index (κ2) is 11.8. The summed E-state index contributed by atoms with van der Waals surface area (Å²) in [5.41, 5.74) is 0.308. The Morgan fingerprint density at radius 1 is 1.18 bits per heavy atom. The standard InChI is InChI=1S/C25H33FN6O2/c1-18(2)28-10-11-29-24(33)16-31(23-12-19(13-27)8-9-22(23)26)17-25(34)30(3)32-14-20-6-4-5-7-21(20)15-32/h4-9,12,18,20-21,28H,10-11,14-17H2,1-3H3,(H,29,33). The number of nitrogens with one attached hydrogen (secondary N) is 2. The fourth-order valence-electron chi connectivity index (χ4n) is 4.16. The van der Waals surface area contributed by atoms with Gasteiger partial charge in [0.15, 0.2) is 0 Å². The van der Waals surface area contributed by atoms with E-state index in [4.69, 9.17) is 0 Å². The molecule has 2 N–H and O–H groups in total. The first-order valence-electron chi connectivity index (χ1n) is 11.6. The van der Waals surface area contributed by atoms with Crippen LogP contribution in [0.15, 0.2) is 42.5 Å². The predicted octanol–water partition coefficient (Wildman–Crippen LogP) is 1.67. The quantitative estimate of drug-likeness (QED) is 0.508. The van der Waals surface area contributed by atoms with Crippen LogP contribution in [0.5, 0.6) is 0 Å². The molecule has 1 aromatic carbocycles. The van der Waals surface area contributed by atoms with E-state index < -0.39 is 5.82 Å². The summed E-state index contributed by atoms with van der Waals surface area (Å²) < 4.78 is 14.7. The number of hydrogen-bond acceptors (Lipinski definition) is 6. The van der Waals surface area contributed by atoms with Crippen molar-refractivity contribution < 1.29 is 14.0 Å². The number of nitrogens with zero attached hydrogens (tertiary/aromatic N) is 4. The van der Waals surface area contributed by atoms with E-state index in [1.54, 1.807) is 12.1 Å². The molecule has 2 atom stereocenters. The Hall–Kier alpha value is -3.22. The number of benzene rings is 1. The smallest absolute Gasteiger partial charge is 0.256 e. The number of halogens is 1. The van der Waals surface area contributed by atoms with Crippen molar-refractivity contribution in [1.82, 2.24) is 20.7 Å². The first kappa shape index (κ1) is 25.4. The molecule has 1 heterocycles. The van der Waals surface area contributed by atoms with Crippen molar-refractivity contribution in [3.8, 4) is 6.07 Å². The minimum atomic E-state index is -0.591. The van der Waals surface area contributed by atoms with Crippen LogP contribution in [-0.4, -0.2) is 74.2 Å². The van der Waals surface area contributed by atoms with E-state index in [1.165, 1.54) is 23.1 Å². The van der Waals surface area contributed by atoms with Gasteiger partial charge in [-0.1, -0.05) is 38.2 Å². The molecule has 182 valence electrons. The van der Waals surface area contributed by atoms with Gasteiger partial charge in [-0.3, -0.25) is 14.6 Å². The number of fused-ring (bicyclic) bond motifs is 1. The van der Waals surface area contributed by atoms with Gasteiger partial charge in [0.05, 0.1) is 30.4 Å². The number of nitriles is 1. The summed E-state index contributed by atoms with van der Waals surface area (Å²) in [6.07, 6.45) is 8.34. The molecule has 1 aromatic rings. The highest BCUT2D eigenvalue weighted by atomic mass is 19.1. The van der Waals surface area contributed by atoms with Gasteiger partial charge in [-0.25, -0.2) is 9.40 Å². The summed E-state index contributed by atoms with van der Waals surface area (Å²) in [5.74, 6) is -0.475. The van der Waals surface area contributed by atoms with Gasteiger partial charge in [0.25, 0.3) is 5.91 Å². The van der Waals surface area contributed by atoms with Crippen molar-refractivity contribution in [2.45, 2.75) is 19.9 Å². The number of anilines is 1. The number of hydrogen-bond donors (Lipinski definition) is 2. The van der Waals surface area contributed by atoms with E-state index in [0.29, 0.717) is 31.0 Å². The first-order chi connectivity index (χ1) is 16.3. The maximum absolute atomic E-state index is 14.7. The van der Waals surface area contributed by atoms with Crippen LogP contribution < -0.4 is 15.5 Å². The van der Waals surface area contributed by atoms with Crippen molar-refractivity contribution in [1.29, 1.82) is 5.26 Å². The fraction of sp³-hybridized carbons (Fsp3) is 0.480. The molecule has 3 rings (SSSR count). The maximum atomic E-state index is 14.7. The SMILES string of the molecule is CC(C)NCCNC(=O)CN(CC(=O)N(C)N1CC2C=CC=CC2C1)c1cc(C#N)ccc1F. The summed E-state index contributed by atoms with van der Waals surface area (Å²) in [6.45, 7) is 6.07. The molecule has 1 fully saturated rings. The zero-order chi connectivity index (χ0) is 24.7. The Labute approximate surface area is 200 Å². The van der Waals surface area contributed by atoms with E-state index >= 15 is 0 Å². The Morgan fingerprint density at radius 2 is 1.85 bits per heavy atom. The highest BCUT2D eigenvalue weighted by molar-refractivity contribution is 5.86. The van der Waals surface area contributed by atoms with Gasteiger partial charge in [-0.2, -0.15) is 5.26 Å². The van der Waals surface area contributed by atoms with Crippen molar-refractivity contribution >= 4 is 17.5 Å². The third-order valence-electron chi connectivity index (χ3n) is 6.08. The van der Waals surface area contributed by atoms with Gasteiger partial charge in [0.1, 0.15) is 5.82 Å². The van der Waals surface area contributed by atoms with Gasteiger partial charge in [-0.05, 0) is 30.0 Å². The van der Waals surface area contributed by atoms with E-state index in [-0.39, 0.29) is 36.2 Å². The second-order valence-corrected chi connectivity index (χ2v) is 8.98. The Morgan fingerprint density at radius 3 is 2.47 bits per heavy atom. The maximum Gasteiger partial charge on any atom is 0.256 e. The van der Waals surface area contributed by atoms with Crippen molar-refractivity contribution in [2.75, 3.05) is 51.2 Å². The molecule has 0 radical (unpaired) electrons. The molecule has 0 bridgehead atoms. The molecule has 0 spiro atoms. The number of amides is 2. The average Bonchev–Trinajstić information content (AvgIpc) is 3.25. The Balaban J connectivity index is 1.69. The third-order valence-corrected chi connectivity index (χ3v) is 6.08. The average molecular weight is 469 g/mol. The molecule has 1 aliphatic carbocycles. The van der Waals surface area contributed by atoms with E-state index in [9.17, 15) is 19.2 Å². The topological polar surface area (TPSA) is 91.7 Å². The lowest BCUT2D eigenvalue weighted by molar-refractivity contribution is -0.142. The van der Waals surface area contributed by atoms with Crippen LogP contribution in [0.2, 0.25) is 0 Å². The Bertz CT molecular complexity index is 966. The Kier molecular flexibility index (Phi) is 8.79. The largest absolute Gasteiger partial charge is 0.353 e. The lowest BCUT2D eigenvalue weighted by Gasteiger charge is -2.31. The van der Waals surface area contributed by atoms with Gasteiger partial charge < -0.3 is 15.5 Å². The van der Waals surface area contributed by atoms with Crippen molar-refractivity contribution in [3.63, 3.8) is 0 Å².